The van der Waals surface area contributed by atoms with Crippen molar-refractivity contribution in [2.24, 2.45) is 0 Å². The number of amides is 1. The fourth-order valence-electron chi connectivity index (χ4n) is 2.05. The van der Waals surface area contributed by atoms with Gasteiger partial charge in [-0.3, -0.25) is 10.1 Å². The topological polar surface area (TPSA) is 68.0 Å². The predicted octanol–water partition coefficient (Wildman–Crippen LogP) is 5.79. The van der Waals surface area contributed by atoms with Gasteiger partial charge in [-0.05, 0) is 36.4 Å². The summed E-state index contributed by atoms with van der Waals surface area (Å²) in [6.07, 6.45) is 0. The van der Waals surface area contributed by atoms with Crippen LogP contribution in [0.4, 0.5) is 29.8 Å². The smallest absolute Gasteiger partial charge is 0.322 e. The Morgan fingerprint density at radius 2 is 1.56 bits per heavy atom. The molecule has 3 rings (SSSR count). The zero-order chi connectivity index (χ0) is 19.9. The molecule has 0 radical (unpaired) electrons. The summed E-state index contributed by atoms with van der Waals surface area (Å²) < 4.78 is 82.0. The monoisotopic (exact) mass is 409 g/mol. The molecular formula is C15H9F6N3O2S. The molecule has 0 saturated heterocycles. The number of halogens is 6. The molecule has 1 heterocycles. The van der Waals surface area contributed by atoms with E-state index in [0.717, 1.165) is 6.07 Å². The first-order valence-electron chi connectivity index (χ1n) is 7.07. The number of hydrogen-bond acceptors (Lipinski definition) is 4. The van der Waals surface area contributed by atoms with Crippen LogP contribution in [0.5, 0.6) is 0 Å². The van der Waals surface area contributed by atoms with Gasteiger partial charge in [0.2, 0.25) is 0 Å². The van der Waals surface area contributed by atoms with Crippen LogP contribution in [0.2, 0.25) is 0 Å². The van der Waals surface area contributed by atoms with Crippen LogP contribution < -0.4 is 5.32 Å². The van der Waals surface area contributed by atoms with E-state index in [-0.39, 0.29) is 29.2 Å². The number of aromatic nitrogens is 2. The second-order valence-corrected chi connectivity index (χ2v) is 7.75. The summed E-state index contributed by atoms with van der Waals surface area (Å²) in [5.41, 5.74) is -0.378. The normalized spacial score (nSPS) is 14.3. The average Bonchev–Trinajstić information content (AvgIpc) is 3.01. The Bertz CT molecular complexity index is 1020. The summed E-state index contributed by atoms with van der Waals surface area (Å²) in [6.45, 7) is 0. The van der Waals surface area contributed by atoms with Crippen LogP contribution in [0, 0.1) is 5.82 Å². The number of nitrogens with one attached hydrogen (secondary N) is 1. The van der Waals surface area contributed by atoms with Crippen molar-refractivity contribution in [3.63, 3.8) is 0 Å². The number of nitrogens with zero attached hydrogens (tertiary/aromatic N) is 2. The Morgan fingerprint density at radius 3 is 2.15 bits per heavy atom. The number of carbonyl (C=O) groups is 1. The zero-order valence-electron chi connectivity index (χ0n) is 13.0. The van der Waals surface area contributed by atoms with Crippen LogP contribution in [0.1, 0.15) is 10.4 Å². The zero-order valence-corrected chi connectivity index (χ0v) is 13.8. The third-order valence-electron chi connectivity index (χ3n) is 3.31. The summed E-state index contributed by atoms with van der Waals surface area (Å²) in [6, 6.07) is 6.38. The lowest BCUT2D eigenvalue weighted by Crippen LogP contribution is -2.13. The SMILES string of the molecule is O=C(Nc1nnc(-c2ccccc2F)o1)c1ccc(S(F)(F)(F)(F)F)cc1. The van der Waals surface area contributed by atoms with Gasteiger partial charge in [0.25, 0.3) is 11.8 Å². The van der Waals surface area contributed by atoms with E-state index in [0.29, 0.717) is 12.1 Å². The maximum atomic E-state index is 13.6. The van der Waals surface area contributed by atoms with Gasteiger partial charge in [0.15, 0.2) is 0 Å². The number of rotatable bonds is 4. The number of benzene rings is 2. The van der Waals surface area contributed by atoms with E-state index in [1.165, 1.54) is 18.2 Å². The van der Waals surface area contributed by atoms with Crippen molar-refractivity contribution in [2.75, 3.05) is 5.32 Å². The first-order chi connectivity index (χ1) is 12.3. The van der Waals surface area contributed by atoms with E-state index in [1.54, 1.807) is 0 Å². The van der Waals surface area contributed by atoms with Gasteiger partial charge >= 0.3 is 16.2 Å². The molecule has 2 aromatic carbocycles. The summed E-state index contributed by atoms with van der Waals surface area (Å²) in [7, 11) is -9.82. The van der Waals surface area contributed by atoms with Crippen LogP contribution in [0.3, 0.4) is 0 Å². The highest BCUT2D eigenvalue weighted by Crippen LogP contribution is 3.02. The van der Waals surface area contributed by atoms with Gasteiger partial charge in [0.1, 0.15) is 10.7 Å². The lowest BCUT2D eigenvalue weighted by molar-refractivity contribution is 0.102. The van der Waals surface area contributed by atoms with E-state index < -0.39 is 32.9 Å². The van der Waals surface area contributed by atoms with Crippen LogP contribution in [-0.4, -0.2) is 16.1 Å². The highest BCUT2D eigenvalue weighted by Gasteiger charge is 2.65. The van der Waals surface area contributed by atoms with Crippen molar-refractivity contribution in [3.8, 4) is 11.5 Å². The third kappa shape index (κ3) is 4.22. The molecule has 5 nitrogen and oxygen atoms in total. The molecule has 0 aliphatic carbocycles. The second-order valence-electron chi connectivity index (χ2n) is 5.34. The minimum absolute atomic E-state index is 0.0225. The molecule has 144 valence electrons. The van der Waals surface area contributed by atoms with Crippen LogP contribution >= 0.6 is 10.2 Å². The lowest BCUT2D eigenvalue weighted by atomic mass is 10.2. The molecule has 27 heavy (non-hydrogen) atoms. The maximum Gasteiger partial charge on any atom is 0.322 e. The van der Waals surface area contributed by atoms with E-state index in [9.17, 15) is 28.6 Å². The fraction of sp³-hybridized carbons (Fsp3) is 0. The first-order valence-corrected chi connectivity index (χ1v) is 9.02. The standard InChI is InChI=1S/C15H9F6N3O2S/c16-12-4-2-1-3-11(12)14-23-24-15(26-14)22-13(25)9-5-7-10(8-6-9)27(17,18,19,20)21/h1-8H,(H,22,24,25). The lowest BCUT2D eigenvalue weighted by Gasteiger charge is -2.40. The van der Waals surface area contributed by atoms with Crippen molar-refractivity contribution < 1.29 is 33.0 Å². The first kappa shape index (κ1) is 18.8. The molecule has 0 saturated carbocycles. The quantitative estimate of drug-likeness (QED) is 0.554. The fourth-order valence-corrected chi connectivity index (χ4v) is 2.70. The number of carbonyl (C=O) groups excluding carboxylic acids is 1. The van der Waals surface area contributed by atoms with Gasteiger partial charge in [0.05, 0.1) is 5.56 Å². The minimum atomic E-state index is -9.82. The maximum absolute atomic E-state index is 13.6. The molecule has 0 unspecified atom stereocenters. The van der Waals surface area contributed by atoms with Crippen molar-refractivity contribution in [1.29, 1.82) is 0 Å². The van der Waals surface area contributed by atoms with Crippen molar-refractivity contribution in [1.82, 2.24) is 10.2 Å². The molecule has 12 heteroatoms. The van der Waals surface area contributed by atoms with E-state index in [4.69, 9.17) is 4.42 Å². The van der Waals surface area contributed by atoms with Crippen LogP contribution in [-0.2, 0) is 0 Å². The molecule has 1 amide bonds. The van der Waals surface area contributed by atoms with E-state index in [1.807, 2.05) is 0 Å². The summed E-state index contributed by atoms with van der Waals surface area (Å²) in [5.74, 6) is -1.86. The summed E-state index contributed by atoms with van der Waals surface area (Å²) >= 11 is 0. The molecule has 0 fully saturated rings. The average molecular weight is 409 g/mol. The third-order valence-corrected chi connectivity index (χ3v) is 4.47. The molecule has 0 bridgehead atoms. The van der Waals surface area contributed by atoms with Gasteiger partial charge in [-0.1, -0.05) is 36.7 Å². The van der Waals surface area contributed by atoms with Crippen LogP contribution in [0.15, 0.2) is 57.8 Å². The second kappa shape index (κ2) is 5.49. The Morgan fingerprint density at radius 1 is 0.926 bits per heavy atom. The van der Waals surface area contributed by atoms with Crippen LogP contribution in [0.25, 0.3) is 11.5 Å². The Kier molecular flexibility index (Phi) is 3.81. The minimum Gasteiger partial charge on any atom is -0.403 e. The van der Waals surface area contributed by atoms with Gasteiger partial charge in [0, 0.05) is 5.56 Å². The summed E-state index contributed by atoms with van der Waals surface area (Å²) in [4.78, 5) is 9.86. The molecule has 0 aliphatic heterocycles. The predicted molar refractivity (Wildman–Crippen MR) is 85.5 cm³/mol. The van der Waals surface area contributed by atoms with Crippen molar-refractivity contribution in [3.05, 3.63) is 59.9 Å². The number of hydrogen-bond donors (Lipinski definition) is 1. The molecule has 0 aliphatic rings. The highest BCUT2D eigenvalue weighted by atomic mass is 32.5. The Hall–Kier alpha value is -3.02. The van der Waals surface area contributed by atoms with Gasteiger partial charge in [-0.2, -0.15) is 0 Å². The molecule has 3 aromatic rings. The molecular weight excluding hydrogens is 400 g/mol. The van der Waals surface area contributed by atoms with E-state index in [2.05, 4.69) is 15.5 Å². The largest absolute Gasteiger partial charge is 0.403 e. The Labute approximate surface area is 147 Å². The van der Waals surface area contributed by atoms with Crippen molar-refractivity contribution >= 4 is 22.1 Å². The molecule has 1 N–H and O–H groups in total. The number of anilines is 1. The summed E-state index contributed by atoms with van der Waals surface area (Å²) in [5, 5.41) is 9.10. The molecule has 0 atom stereocenters. The molecule has 1 aromatic heterocycles. The van der Waals surface area contributed by atoms with Crippen molar-refractivity contribution in [2.45, 2.75) is 4.90 Å². The Balaban J connectivity index is 1.78. The van der Waals surface area contributed by atoms with Gasteiger partial charge in [-0.15, -0.1) is 5.10 Å². The van der Waals surface area contributed by atoms with Gasteiger partial charge in [-0.25, -0.2) is 4.39 Å². The highest BCUT2D eigenvalue weighted by molar-refractivity contribution is 8.45. The van der Waals surface area contributed by atoms with Gasteiger partial charge < -0.3 is 4.42 Å². The van der Waals surface area contributed by atoms with E-state index >= 15 is 0 Å². The molecule has 0 spiro atoms.